The van der Waals surface area contributed by atoms with E-state index in [0.29, 0.717) is 6.04 Å². The van der Waals surface area contributed by atoms with E-state index in [0.717, 1.165) is 12.5 Å². The smallest absolute Gasteiger partial charge is 0.107 e. The maximum absolute atomic E-state index is 4.46. The molecule has 3 rings (SSSR count). The molecule has 0 spiro atoms. The van der Waals surface area contributed by atoms with Gasteiger partial charge in [0, 0.05) is 28.5 Å². The Labute approximate surface area is 122 Å². The molecule has 4 heteroatoms. The zero-order valence-electron chi connectivity index (χ0n) is 11.3. The standard InChI is InChI=1S/C15H20N2S2/c1-11-9-16-14(19-11)10-17-15(12-5-2-3-6-12)13-7-4-8-18-13/h4,7-9,12,15,17H,2-3,5-6,10H2,1H3. The van der Waals surface area contributed by atoms with Gasteiger partial charge < -0.3 is 5.32 Å². The van der Waals surface area contributed by atoms with Crippen LogP contribution in [0.4, 0.5) is 0 Å². The molecule has 0 aliphatic heterocycles. The first-order valence-electron chi connectivity index (χ1n) is 7.01. The van der Waals surface area contributed by atoms with E-state index in [2.05, 4.69) is 34.7 Å². The highest BCUT2D eigenvalue weighted by Crippen LogP contribution is 2.37. The molecule has 102 valence electrons. The summed E-state index contributed by atoms with van der Waals surface area (Å²) in [6.45, 7) is 3.02. The molecule has 1 aliphatic rings. The summed E-state index contributed by atoms with van der Waals surface area (Å²) in [6, 6.07) is 4.96. The molecule has 2 aromatic rings. The van der Waals surface area contributed by atoms with Crippen LogP contribution in [0.3, 0.4) is 0 Å². The molecule has 0 radical (unpaired) electrons. The zero-order chi connectivity index (χ0) is 13.1. The van der Waals surface area contributed by atoms with Gasteiger partial charge in [0.05, 0.1) is 0 Å². The van der Waals surface area contributed by atoms with Gasteiger partial charge in [0.15, 0.2) is 0 Å². The first kappa shape index (κ1) is 13.3. The van der Waals surface area contributed by atoms with Gasteiger partial charge in [-0.3, -0.25) is 0 Å². The minimum absolute atomic E-state index is 0.520. The van der Waals surface area contributed by atoms with Gasteiger partial charge in [0.25, 0.3) is 0 Å². The summed E-state index contributed by atoms with van der Waals surface area (Å²) in [5.41, 5.74) is 0. The van der Waals surface area contributed by atoms with Gasteiger partial charge in [-0.1, -0.05) is 18.9 Å². The molecule has 1 aliphatic carbocycles. The number of thiophene rings is 1. The number of rotatable bonds is 5. The number of hydrogen-bond acceptors (Lipinski definition) is 4. The molecule has 1 atom stereocenters. The van der Waals surface area contributed by atoms with Crippen molar-refractivity contribution in [2.24, 2.45) is 5.92 Å². The van der Waals surface area contributed by atoms with Crippen molar-refractivity contribution >= 4 is 22.7 Å². The molecule has 2 nitrogen and oxygen atoms in total. The molecule has 0 amide bonds. The van der Waals surface area contributed by atoms with E-state index < -0.39 is 0 Å². The van der Waals surface area contributed by atoms with E-state index in [-0.39, 0.29) is 0 Å². The molecule has 19 heavy (non-hydrogen) atoms. The third kappa shape index (κ3) is 3.25. The van der Waals surface area contributed by atoms with Crippen molar-refractivity contribution in [1.29, 1.82) is 0 Å². The average Bonchev–Trinajstić information content (AvgIpc) is 3.11. The highest BCUT2D eigenvalue weighted by Gasteiger charge is 2.26. The fraction of sp³-hybridized carbons (Fsp3) is 0.533. The first-order valence-corrected chi connectivity index (χ1v) is 8.70. The van der Waals surface area contributed by atoms with Gasteiger partial charge in [0.1, 0.15) is 5.01 Å². The fourth-order valence-corrected chi connectivity index (χ4v) is 4.57. The molecular formula is C15H20N2S2. The van der Waals surface area contributed by atoms with Crippen molar-refractivity contribution in [3.8, 4) is 0 Å². The summed E-state index contributed by atoms with van der Waals surface area (Å²) >= 11 is 3.68. The molecular weight excluding hydrogens is 272 g/mol. The fourth-order valence-electron chi connectivity index (χ4n) is 2.94. The van der Waals surface area contributed by atoms with Gasteiger partial charge in [-0.2, -0.15) is 0 Å². The summed E-state index contributed by atoms with van der Waals surface area (Å²) in [7, 11) is 0. The highest BCUT2D eigenvalue weighted by atomic mass is 32.1. The topological polar surface area (TPSA) is 24.9 Å². The van der Waals surface area contributed by atoms with Crippen molar-refractivity contribution in [3.63, 3.8) is 0 Å². The Morgan fingerprint density at radius 3 is 2.89 bits per heavy atom. The van der Waals surface area contributed by atoms with E-state index in [4.69, 9.17) is 0 Å². The van der Waals surface area contributed by atoms with Crippen LogP contribution >= 0.6 is 22.7 Å². The SMILES string of the molecule is Cc1cnc(CNC(c2cccs2)C2CCCC2)s1. The molecule has 1 saturated carbocycles. The third-order valence-corrected chi connectivity index (χ3v) is 5.73. The van der Waals surface area contributed by atoms with Gasteiger partial charge in [-0.15, -0.1) is 22.7 Å². The maximum atomic E-state index is 4.46. The summed E-state index contributed by atoms with van der Waals surface area (Å²) in [5, 5.41) is 7.14. The molecule has 0 bridgehead atoms. The van der Waals surface area contributed by atoms with Crippen LogP contribution in [0.1, 0.15) is 46.5 Å². The summed E-state index contributed by atoms with van der Waals surface area (Å²) in [4.78, 5) is 7.24. The van der Waals surface area contributed by atoms with Crippen molar-refractivity contribution in [2.75, 3.05) is 0 Å². The van der Waals surface area contributed by atoms with Crippen LogP contribution in [0, 0.1) is 12.8 Å². The van der Waals surface area contributed by atoms with Gasteiger partial charge in [-0.05, 0) is 37.1 Å². The normalized spacial score (nSPS) is 17.9. The lowest BCUT2D eigenvalue weighted by Crippen LogP contribution is -2.26. The van der Waals surface area contributed by atoms with Crippen LogP contribution in [0.2, 0.25) is 0 Å². The largest absolute Gasteiger partial charge is 0.303 e. The Morgan fingerprint density at radius 1 is 1.42 bits per heavy atom. The predicted molar refractivity (Wildman–Crippen MR) is 82.7 cm³/mol. The maximum Gasteiger partial charge on any atom is 0.107 e. The van der Waals surface area contributed by atoms with E-state index in [1.807, 2.05) is 17.5 Å². The predicted octanol–water partition coefficient (Wildman–Crippen LogP) is 4.53. The second kappa shape index (κ2) is 6.16. The Morgan fingerprint density at radius 2 is 2.26 bits per heavy atom. The lowest BCUT2D eigenvalue weighted by Gasteiger charge is -2.23. The third-order valence-electron chi connectivity index (χ3n) is 3.86. The average molecular weight is 292 g/mol. The van der Waals surface area contributed by atoms with Gasteiger partial charge in [0.2, 0.25) is 0 Å². The Hall–Kier alpha value is -0.710. The van der Waals surface area contributed by atoms with E-state index in [9.17, 15) is 0 Å². The quantitative estimate of drug-likeness (QED) is 0.875. The minimum atomic E-state index is 0.520. The highest BCUT2D eigenvalue weighted by molar-refractivity contribution is 7.11. The molecule has 2 heterocycles. The van der Waals surface area contributed by atoms with Crippen LogP contribution < -0.4 is 5.32 Å². The van der Waals surface area contributed by atoms with Crippen LogP contribution in [-0.2, 0) is 6.54 Å². The van der Waals surface area contributed by atoms with Gasteiger partial charge >= 0.3 is 0 Å². The van der Waals surface area contributed by atoms with Crippen molar-refractivity contribution in [3.05, 3.63) is 38.5 Å². The summed E-state index contributed by atoms with van der Waals surface area (Å²) in [6.07, 6.45) is 7.49. The lowest BCUT2D eigenvalue weighted by atomic mass is 9.97. The van der Waals surface area contributed by atoms with E-state index in [1.165, 1.54) is 40.4 Å². The summed E-state index contributed by atoms with van der Waals surface area (Å²) in [5.74, 6) is 0.805. The molecule has 1 N–H and O–H groups in total. The van der Waals surface area contributed by atoms with E-state index >= 15 is 0 Å². The number of hydrogen-bond donors (Lipinski definition) is 1. The van der Waals surface area contributed by atoms with Crippen molar-refractivity contribution in [2.45, 2.75) is 45.2 Å². The molecule has 2 aromatic heterocycles. The lowest BCUT2D eigenvalue weighted by molar-refractivity contribution is 0.370. The number of aryl methyl sites for hydroxylation is 1. The van der Waals surface area contributed by atoms with Crippen LogP contribution in [0.5, 0.6) is 0 Å². The Balaban J connectivity index is 1.68. The van der Waals surface area contributed by atoms with Crippen LogP contribution in [-0.4, -0.2) is 4.98 Å². The summed E-state index contributed by atoms with van der Waals surface area (Å²) < 4.78 is 0. The molecule has 0 saturated heterocycles. The van der Waals surface area contributed by atoms with Gasteiger partial charge in [-0.25, -0.2) is 4.98 Å². The van der Waals surface area contributed by atoms with Crippen LogP contribution in [0.25, 0.3) is 0 Å². The molecule has 1 fully saturated rings. The van der Waals surface area contributed by atoms with Crippen molar-refractivity contribution in [1.82, 2.24) is 10.3 Å². The minimum Gasteiger partial charge on any atom is -0.303 e. The van der Waals surface area contributed by atoms with Crippen LogP contribution in [0.15, 0.2) is 23.7 Å². The number of aromatic nitrogens is 1. The molecule has 0 aromatic carbocycles. The first-order chi connectivity index (χ1) is 9.33. The monoisotopic (exact) mass is 292 g/mol. The second-order valence-electron chi connectivity index (χ2n) is 5.28. The zero-order valence-corrected chi connectivity index (χ0v) is 12.9. The molecule has 1 unspecified atom stereocenters. The van der Waals surface area contributed by atoms with E-state index in [1.54, 1.807) is 11.3 Å². The number of thiazole rings is 1. The Kier molecular flexibility index (Phi) is 4.31. The number of nitrogens with zero attached hydrogens (tertiary/aromatic N) is 1. The number of nitrogens with one attached hydrogen (secondary N) is 1. The van der Waals surface area contributed by atoms with Crippen molar-refractivity contribution < 1.29 is 0 Å². The second-order valence-corrected chi connectivity index (χ2v) is 7.58. The Bertz CT molecular complexity index is 498.